The van der Waals surface area contributed by atoms with Crippen molar-refractivity contribution < 1.29 is 55.7 Å². The average molecular weight is 503 g/mol. The lowest BCUT2D eigenvalue weighted by molar-refractivity contribution is -0.192. The van der Waals surface area contributed by atoms with E-state index in [0.29, 0.717) is 23.7 Å². The number of aliphatic carboxylic acids is 1. The Morgan fingerprint density at radius 3 is 1.94 bits per heavy atom. The summed E-state index contributed by atoms with van der Waals surface area (Å²) in [5.74, 6) is -6.29. The molecular formula is C19H23F6N3O6. The Labute approximate surface area is 190 Å². The highest BCUT2D eigenvalue weighted by Gasteiger charge is 2.44. The van der Waals surface area contributed by atoms with Gasteiger partial charge in [0.2, 0.25) is 0 Å². The fraction of sp³-hybridized carbons (Fsp3) is 0.526. The summed E-state index contributed by atoms with van der Waals surface area (Å²) in [6.45, 7) is 2.25. The van der Waals surface area contributed by atoms with Crippen molar-refractivity contribution in [1.82, 2.24) is 4.90 Å². The summed E-state index contributed by atoms with van der Waals surface area (Å²) in [6.07, 6.45) is -10.2. The summed E-state index contributed by atoms with van der Waals surface area (Å²) >= 11 is 0. The van der Waals surface area contributed by atoms with Crippen LogP contribution in [0.4, 0.5) is 37.7 Å². The van der Waals surface area contributed by atoms with Gasteiger partial charge in [-0.1, -0.05) is 0 Å². The van der Waals surface area contributed by atoms with E-state index in [-0.39, 0.29) is 17.9 Å². The molecule has 2 rings (SSSR count). The third-order valence-corrected chi connectivity index (χ3v) is 4.62. The molecule has 192 valence electrons. The van der Waals surface area contributed by atoms with Gasteiger partial charge in [0.05, 0.1) is 17.9 Å². The summed E-state index contributed by atoms with van der Waals surface area (Å²) < 4.78 is 75.7. The Bertz CT molecular complexity index is 869. The maximum absolute atomic E-state index is 13.0. The molecule has 0 atom stereocenters. The van der Waals surface area contributed by atoms with E-state index < -0.39 is 36.7 Å². The standard InChI is InChI=1S/C17H22F3N3O4.C2HF3O2/c1-21-5-7-22(8-6-21)12-3-4-13(15(24)25)14(11-12)23(9-10-27-2)16(26)17(18,19)20;3-2(4,5)1(6)7/h3-4,11H,5-10H2,1-2H3,(H,24,25);(H,6,7). The average Bonchev–Trinajstić information content (AvgIpc) is 2.73. The summed E-state index contributed by atoms with van der Waals surface area (Å²) in [4.78, 5) is 36.8. The number of hydrogen-bond donors (Lipinski definition) is 2. The lowest BCUT2D eigenvalue weighted by atomic mass is 10.1. The predicted octanol–water partition coefficient (Wildman–Crippen LogP) is 2.31. The number of likely N-dealkylation sites (N-methyl/N-ethyl adjacent to an activating group) is 1. The van der Waals surface area contributed by atoms with Gasteiger partial charge < -0.3 is 29.6 Å². The number of hydrogen-bond acceptors (Lipinski definition) is 6. The highest BCUT2D eigenvalue weighted by atomic mass is 19.4. The highest BCUT2D eigenvalue weighted by molar-refractivity contribution is 6.04. The monoisotopic (exact) mass is 503 g/mol. The Balaban J connectivity index is 0.000000718. The molecule has 0 saturated carbocycles. The Kier molecular flexibility index (Phi) is 10.1. The number of benzene rings is 1. The van der Waals surface area contributed by atoms with Crippen LogP contribution in [-0.2, 0) is 14.3 Å². The van der Waals surface area contributed by atoms with E-state index in [1.54, 1.807) is 6.07 Å². The second-order valence-electron chi connectivity index (χ2n) is 7.05. The molecule has 0 radical (unpaired) electrons. The quantitative estimate of drug-likeness (QED) is 0.570. The van der Waals surface area contributed by atoms with Crippen molar-refractivity contribution in [3.8, 4) is 0 Å². The largest absolute Gasteiger partial charge is 0.490 e. The van der Waals surface area contributed by atoms with Gasteiger partial charge >= 0.3 is 30.2 Å². The first kappa shape index (κ1) is 29.0. The zero-order chi connectivity index (χ0) is 26.3. The summed E-state index contributed by atoms with van der Waals surface area (Å²) in [7, 11) is 3.25. The van der Waals surface area contributed by atoms with Gasteiger partial charge in [-0.15, -0.1) is 0 Å². The van der Waals surface area contributed by atoms with Crippen LogP contribution in [-0.4, -0.2) is 98.8 Å². The van der Waals surface area contributed by atoms with E-state index in [2.05, 4.69) is 4.90 Å². The molecule has 15 heteroatoms. The van der Waals surface area contributed by atoms with Gasteiger partial charge in [-0.2, -0.15) is 26.3 Å². The number of carbonyl (C=O) groups excluding carboxylic acids is 1. The number of alkyl halides is 6. The summed E-state index contributed by atoms with van der Waals surface area (Å²) in [5.41, 5.74) is -0.0969. The van der Waals surface area contributed by atoms with Crippen LogP contribution in [0.1, 0.15) is 10.4 Å². The van der Waals surface area contributed by atoms with E-state index in [4.69, 9.17) is 14.6 Å². The number of piperazine rings is 1. The molecule has 1 aliphatic rings. The van der Waals surface area contributed by atoms with Crippen LogP contribution in [0.2, 0.25) is 0 Å². The molecule has 34 heavy (non-hydrogen) atoms. The SMILES string of the molecule is COCCN(C(=O)C(F)(F)F)c1cc(N2CCN(C)CC2)ccc1C(=O)O.O=C(O)C(F)(F)F. The molecule has 0 unspecified atom stereocenters. The van der Waals surface area contributed by atoms with Crippen molar-refractivity contribution in [3.63, 3.8) is 0 Å². The molecule has 1 amide bonds. The number of nitrogens with zero attached hydrogens (tertiary/aromatic N) is 3. The molecule has 1 fully saturated rings. The first-order valence-corrected chi connectivity index (χ1v) is 9.58. The molecule has 0 bridgehead atoms. The number of ether oxygens (including phenoxy) is 1. The molecule has 0 aliphatic carbocycles. The van der Waals surface area contributed by atoms with Crippen LogP contribution in [0.5, 0.6) is 0 Å². The van der Waals surface area contributed by atoms with Crippen molar-refractivity contribution in [2.75, 3.05) is 63.3 Å². The fourth-order valence-corrected chi connectivity index (χ4v) is 2.85. The van der Waals surface area contributed by atoms with Crippen LogP contribution in [0.3, 0.4) is 0 Å². The van der Waals surface area contributed by atoms with Gasteiger partial charge in [0.1, 0.15) is 0 Å². The zero-order valence-corrected chi connectivity index (χ0v) is 18.1. The number of anilines is 2. The summed E-state index contributed by atoms with van der Waals surface area (Å²) in [5, 5.41) is 16.5. The van der Waals surface area contributed by atoms with E-state index in [0.717, 1.165) is 13.1 Å². The Hall–Kier alpha value is -3.07. The molecule has 1 saturated heterocycles. The van der Waals surface area contributed by atoms with Gasteiger partial charge in [0, 0.05) is 45.5 Å². The van der Waals surface area contributed by atoms with Gasteiger partial charge in [0.25, 0.3) is 0 Å². The van der Waals surface area contributed by atoms with E-state index >= 15 is 0 Å². The van der Waals surface area contributed by atoms with Gasteiger partial charge in [0.15, 0.2) is 0 Å². The van der Waals surface area contributed by atoms with Crippen molar-refractivity contribution in [1.29, 1.82) is 0 Å². The molecule has 0 spiro atoms. The molecule has 1 aromatic carbocycles. The number of carbonyl (C=O) groups is 3. The van der Waals surface area contributed by atoms with Crippen molar-refractivity contribution >= 4 is 29.2 Å². The molecular weight excluding hydrogens is 480 g/mol. The van der Waals surface area contributed by atoms with Crippen LogP contribution < -0.4 is 9.80 Å². The normalized spacial score (nSPS) is 14.8. The van der Waals surface area contributed by atoms with Crippen molar-refractivity contribution in [2.24, 2.45) is 0 Å². The topological polar surface area (TPSA) is 111 Å². The first-order chi connectivity index (χ1) is 15.6. The minimum Gasteiger partial charge on any atom is -0.478 e. The van der Waals surface area contributed by atoms with E-state index in [1.807, 2.05) is 11.9 Å². The Morgan fingerprint density at radius 2 is 1.53 bits per heavy atom. The van der Waals surface area contributed by atoms with Gasteiger partial charge in [-0.25, -0.2) is 9.59 Å². The molecule has 1 heterocycles. The predicted molar refractivity (Wildman–Crippen MR) is 107 cm³/mol. The number of carboxylic acid groups (broad SMARTS) is 2. The lowest BCUT2D eigenvalue weighted by Crippen LogP contribution is -2.45. The Morgan fingerprint density at radius 1 is 1.00 bits per heavy atom. The first-order valence-electron chi connectivity index (χ1n) is 9.58. The minimum atomic E-state index is -5.13. The number of methoxy groups -OCH3 is 1. The van der Waals surface area contributed by atoms with Crippen LogP contribution in [0.15, 0.2) is 18.2 Å². The maximum atomic E-state index is 13.0. The van der Waals surface area contributed by atoms with Crippen molar-refractivity contribution in [2.45, 2.75) is 12.4 Å². The maximum Gasteiger partial charge on any atom is 0.490 e. The van der Waals surface area contributed by atoms with Crippen LogP contribution >= 0.6 is 0 Å². The minimum absolute atomic E-state index is 0.167. The third-order valence-electron chi connectivity index (χ3n) is 4.62. The van der Waals surface area contributed by atoms with Crippen molar-refractivity contribution in [3.05, 3.63) is 23.8 Å². The van der Waals surface area contributed by atoms with Gasteiger partial charge in [-0.05, 0) is 25.2 Å². The van der Waals surface area contributed by atoms with Crippen LogP contribution in [0, 0.1) is 0 Å². The second-order valence-corrected chi connectivity index (χ2v) is 7.05. The lowest BCUT2D eigenvalue weighted by Gasteiger charge is -2.35. The van der Waals surface area contributed by atoms with Crippen LogP contribution in [0.25, 0.3) is 0 Å². The number of carboxylic acids is 2. The van der Waals surface area contributed by atoms with E-state index in [1.165, 1.54) is 19.2 Å². The summed E-state index contributed by atoms with van der Waals surface area (Å²) in [6, 6.07) is 4.10. The fourth-order valence-electron chi connectivity index (χ4n) is 2.85. The number of aromatic carboxylic acids is 1. The molecule has 2 N–H and O–H groups in total. The zero-order valence-electron chi connectivity index (χ0n) is 18.1. The number of amides is 1. The highest BCUT2D eigenvalue weighted by Crippen LogP contribution is 2.31. The van der Waals surface area contributed by atoms with Gasteiger partial charge in [-0.3, -0.25) is 4.79 Å². The van der Waals surface area contributed by atoms with E-state index in [9.17, 15) is 41.0 Å². The number of rotatable bonds is 6. The smallest absolute Gasteiger partial charge is 0.478 e. The third kappa shape index (κ3) is 8.37. The second kappa shape index (κ2) is 11.9. The number of halogens is 6. The molecule has 0 aromatic heterocycles. The molecule has 1 aromatic rings. The molecule has 9 nitrogen and oxygen atoms in total. The molecule has 1 aliphatic heterocycles.